The molecule has 0 aliphatic carbocycles. The summed E-state index contributed by atoms with van der Waals surface area (Å²) in [6.45, 7) is 6.97. The molecule has 8 heteroatoms. The molecule has 2 aromatic rings. The first-order valence-corrected chi connectivity index (χ1v) is 11.5. The molecule has 7 nitrogen and oxygen atoms in total. The van der Waals surface area contributed by atoms with Gasteiger partial charge in [0.15, 0.2) is 16.1 Å². The van der Waals surface area contributed by atoms with Gasteiger partial charge in [-0.15, -0.1) is 11.3 Å². The molecule has 166 valence electrons. The third kappa shape index (κ3) is 4.45. The second-order valence-corrected chi connectivity index (χ2v) is 9.76. The Morgan fingerprint density at radius 2 is 2.03 bits per heavy atom. The number of para-hydroxylation sites is 1. The summed E-state index contributed by atoms with van der Waals surface area (Å²) in [5.41, 5.74) is -0.702. The van der Waals surface area contributed by atoms with Crippen molar-refractivity contribution in [2.45, 2.75) is 51.7 Å². The Balaban J connectivity index is 1.43. The van der Waals surface area contributed by atoms with E-state index in [-0.39, 0.29) is 12.8 Å². The van der Waals surface area contributed by atoms with E-state index in [0.29, 0.717) is 30.0 Å². The van der Waals surface area contributed by atoms with E-state index in [2.05, 4.69) is 24.1 Å². The van der Waals surface area contributed by atoms with Gasteiger partial charge in [0.1, 0.15) is 6.10 Å². The van der Waals surface area contributed by atoms with Crippen molar-refractivity contribution in [3.8, 4) is 0 Å². The van der Waals surface area contributed by atoms with Crippen molar-refractivity contribution in [2.24, 2.45) is 11.3 Å². The van der Waals surface area contributed by atoms with Crippen LogP contribution < -0.4 is 5.32 Å². The van der Waals surface area contributed by atoms with Gasteiger partial charge in [-0.25, -0.2) is 4.98 Å². The summed E-state index contributed by atoms with van der Waals surface area (Å²) in [5.74, 6) is -0.505. The number of benzene rings is 1. The summed E-state index contributed by atoms with van der Waals surface area (Å²) in [6, 6.07) is 9.72. The highest BCUT2D eigenvalue weighted by atomic mass is 32.1. The van der Waals surface area contributed by atoms with Gasteiger partial charge in [0, 0.05) is 30.5 Å². The first kappa shape index (κ1) is 21.8. The zero-order valence-electron chi connectivity index (χ0n) is 18.1. The van der Waals surface area contributed by atoms with Crippen LogP contribution in [0.4, 0.5) is 10.8 Å². The molecule has 0 bridgehead atoms. The van der Waals surface area contributed by atoms with E-state index in [1.54, 1.807) is 6.92 Å². The van der Waals surface area contributed by atoms with Crippen LogP contribution >= 0.6 is 11.3 Å². The Hall–Kier alpha value is -2.45. The lowest BCUT2D eigenvalue weighted by Gasteiger charge is -2.20. The van der Waals surface area contributed by atoms with Crippen LogP contribution in [0, 0.1) is 11.3 Å². The maximum atomic E-state index is 12.9. The fraction of sp³-hybridized carbons (Fsp3) is 0.522. The number of rotatable bonds is 8. The summed E-state index contributed by atoms with van der Waals surface area (Å²) in [4.78, 5) is 30.2. The number of nitrogens with one attached hydrogen (secondary N) is 1. The molecule has 0 saturated carbocycles. The summed E-state index contributed by atoms with van der Waals surface area (Å²) in [6.07, 6.45) is 1.01. The Morgan fingerprint density at radius 3 is 2.77 bits per heavy atom. The van der Waals surface area contributed by atoms with Crippen LogP contribution in [0.25, 0.3) is 0 Å². The molecule has 0 radical (unpaired) electrons. The quantitative estimate of drug-likeness (QED) is 0.366. The largest absolute Gasteiger partial charge is 0.459 e. The van der Waals surface area contributed by atoms with Gasteiger partial charge in [-0.2, -0.15) is 0 Å². The number of hydrogen-bond acceptors (Lipinski definition) is 8. The maximum absolute atomic E-state index is 12.9. The number of hydrogen-bond donors (Lipinski definition) is 1. The second-order valence-electron chi connectivity index (χ2n) is 8.90. The van der Waals surface area contributed by atoms with Crippen molar-refractivity contribution in [1.29, 1.82) is 0 Å². The van der Waals surface area contributed by atoms with Gasteiger partial charge in [-0.05, 0) is 31.4 Å². The van der Waals surface area contributed by atoms with E-state index in [1.807, 2.05) is 35.7 Å². The molecular formula is C23H28N2O5S. The zero-order valence-corrected chi connectivity index (χ0v) is 18.9. The monoisotopic (exact) mass is 444 g/mol. The fourth-order valence-corrected chi connectivity index (χ4v) is 4.92. The first-order valence-electron chi connectivity index (χ1n) is 10.6. The van der Waals surface area contributed by atoms with Gasteiger partial charge in [-0.3, -0.25) is 9.59 Å². The Labute approximate surface area is 186 Å². The predicted molar refractivity (Wildman–Crippen MR) is 117 cm³/mol. The van der Waals surface area contributed by atoms with Gasteiger partial charge in [0.25, 0.3) is 0 Å². The lowest BCUT2D eigenvalue weighted by Crippen LogP contribution is -2.32. The minimum Gasteiger partial charge on any atom is -0.459 e. The number of thiazole rings is 1. The number of anilines is 2. The predicted octanol–water partition coefficient (Wildman–Crippen LogP) is 4.41. The highest BCUT2D eigenvalue weighted by Gasteiger charge is 2.65. The summed E-state index contributed by atoms with van der Waals surface area (Å²) < 4.78 is 16.9. The highest BCUT2D eigenvalue weighted by molar-refractivity contribution is 7.13. The van der Waals surface area contributed by atoms with E-state index >= 15 is 0 Å². The van der Waals surface area contributed by atoms with Crippen LogP contribution in [0.2, 0.25) is 0 Å². The first-order chi connectivity index (χ1) is 14.8. The standard InChI is InChI=1S/C23H28N2O5S/c1-15(2)9-10-28-12-17-11-23(19(26)29-17)14-22(3,30-20(23)27)18-13-31-21(25-18)24-16-7-5-4-6-8-16/h4-8,13,15,17H,9-12,14H2,1-3H3,(H,24,25)/t17-,22-,23+/m1/s1. The van der Waals surface area contributed by atoms with Crippen LogP contribution in [-0.4, -0.2) is 36.2 Å². The average molecular weight is 445 g/mol. The maximum Gasteiger partial charge on any atom is 0.324 e. The third-order valence-electron chi connectivity index (χ3n) is 5.80. The fourth-order valence-electron chi connectivity index (χ4n) is 4.06. The molecular weight excluding hydrogens is 416 g/mol. The van der Waals surface area contributed by atoms with Crippen molar-refractivity contribution >= 4 is 34.1 Å². The number of ether oxygens (including phenoxy) is 3. The molecule has 0 amide bonds. The number of aromatic nitrogens is 1. The average Bonchev–Trinajstić information content (AvgIpc) is 3.38. The van der Waals surface area contributed by atoms with E-state index in [1.165, 1.54) is 11.3 Å². The van der Waals surface area contributed by atoms with Crippen LogP contribution in [-0.2, 0) is 29.4 Å². The highest BCUT2D eigenvalue weighted by Crippen LogP contribution is 2.52. The summed E-state index contributed by atoms with van der Waals surface area (Å²) in [5, 5.41) is 5.81. The topological polar surface area (TPSA) is 86.8 Å². The molecule has 1 aromatic carbocycles. The minimum absolute atomic E-state index is 0.217. The van der Waals surface area contributed by atoms with Crippen molar-refractivity contribution in [3.63, 3.8) is 0 Å². The normalized spacial score (nSPS) is 27.7. The molecule has 0 unspecified atom stereocenters. The lowest BCUT2D eigenvalue weighted by atomic mass is 9.78. The van der Waals surface area contributed by atoms with Crippen LogP contribution in [0.1, 0.15) is 45.7 Å². The van der Waals surface area contributed by atoms with Gasteiger partial charge in [0.05, 0.1) is 12.3 Å². The number of nitrogens with zero attached hydrogens (tertiary/aromatic N) is 1. The Bertz CT molecular complexity index is 946. The second kappa shape index (κ2) is 8.59. The number of cyclic esters (lactones) is 2. The number of carbonyl (C=O) groups is 2. The van der Waals surface area contributed by atoms with E-state index in [9.17, 15) is 9.59 Å². The van der Waals surface area contributed by atoms with Crippen LogP contribution in [0.3, 0.4) is 0 Å². The number of esters is 2. The van der Waals surface area contributed by atoms with Crippen molar-refractivity contribution in [2.75, 3.05) is 18.5 Å². The molecule has 31 heavy (non-hydrogen) atoms. The van der Waals surface area contributed by atoms with Crippen molar-refractivity contribution < 1.29 is 23.8 Å². The molecule has 2 aliphatic heterocycles. The van der Waals surface area contributed by atoms with E-state index in [4.69, 9.17) is 14.2 Å². The molecule has 1 N–H and O–H groups in total. The molecule has 4 rings (SSSR count). The summed E-state index contributed by atoms with van der Waals surface area (Å²) in [7, 11) is 0. The Kier molecular flexibility index (Phi) is 6.03. The summed E-state index contributed by atoms with van der Waals surface area (Å²) >= 11 is 1.43. The molecule has 1 aromatic heterocycles. The Morgan fingerprint density at radius 1 is 1.26 bits per heavy atom. The number of carbonyl (C=O) groups excluding carboxylic acids is 2. The molecule has 3 atom stereocenters. The lowest BCUT2D eigenvalue weighted by molar-refractivity contribution is -0.160. The SMILES string of the molecule is CC(C)CCOC[C@H]1C[C@]2(C[C@](C)(c3csc(Nc4ccccc4)n3)OC2=O)C(=O)O1. The van der Waals surface area contributed by atoms with Gasteiger partial charge in [-0.1, -0.05) is 32.0 Å². The van der Waals surface area contributed by atoms with Gasteiger partial charge < -0.3 is 19.5 Å². The molecule has 2 aliphatic rings. The molecule has 3 heterocycles. The molecule has 1 spiro atoms. The van der Waals surface area contributed by atoms with Crippen LogP contribution in [0.5, 0.6) is 0 Å². The van der Waals surface area contributed by atoms with Gasteiger partial charge in [0.2, 0.25) is 0 Å². The van der Waals surface area contributed by atoms with Crippen LogP contribution in [0.15, 0.2) is 35.7 Å². The smallest absolute Gasteiger partial charge is 0.324 e. The minimum atomic E-state index is -1.28. The van der Waals surface area contributed by atoms with Crippen molar-refractivity contribution in [1.82, 2.24) is 4.98 Å². The van der Waals surface area contributed by atoms with E-state index in [0.717, 1.165) is 12.1 Å². The third-order valence-corrected chi connectivity index (χ3v) is 6.56. The molecule has 2 saturated heterocycles. The molecule has 2 fully saturated rings. The van der Waals surface area contributed by atoms with E-state index < -0.39 is 29.1 Å². The zero-order chi connectivity index (χ0) is 22.1. The van der Waals surface area contributed by atoms with Gasteiger partial charge >= 0.3 is 11.9 Å². The van der Waals surface area contributed by atoms with Crippen molar-refractivity contribution in [3.05, 3.63) is 41.4 Å².